The molecule has 1 aliphatic carbocycles. The third kappa shape index (κ3) is 8.84. The van der Waals surface area contributed by atoms with Gasteiger partial charge in [-0.3, -0.25) is 19.2 Å². The summed E-state index contributed by atoms with van der Waals surface area (Å²) in [5.74, 6) is 1.27. The number of hydrogen-bond donors (Lipinski definition) is 1. The van der Waals surface area contributed by atoms with Crippen LogP contribution in [0.5, 0.6) is 11.5 Å². The van der Waals surface area contributed by atoms with Crippen LogP contribution in [0.15, 0.2) is 66.2 Å². The standard InChI is InChI=1S/C23H26O3.C4H10NO3PS/c1-16(2)13-20-21(23(20,3)4)22(24)25-15-17-9-8-12-19(14-17)26-18-10-6-5-7-11-18;1-4(6)5-9(7,8-2)10-3/h5-14,20-21H,15H2,1-4H3;1-3H3,(H,5,6,7). The van der Waals surface area contributed by atoms with Crippen LogP contribution in [0.2, 0.25) is 0 Å². The molecule has 1 fully saturated rings. The van der Waals surface area contributed by atoms with Crippen LogP contribution in [0.4, 0.5) is 0 Å². The Labute approximate surface area is 218 Å². The second-order valence-electron chi connectivity index (χ2n) is 9.27. The SMILES string of the molecule is CC(C)=CC1C(C(=O)OCc2cccc(Oc3ccccc3)c2)C1(C)C.COP(=O)(NC(C)=O)SC. The minimum atomic E-state index is -2.92. The Kier molecular flexibility index (Phi) is 10.8. The van der Waals surface area contributed by atoms with Gasteiger partial charge in [0.15, 0.2) is 0 Å². The Morgan fingerprint density at radius 1 is 1.06 bits per heavy atom. The van der Waals surface area contributed by atoms with E-state index in [2.05, 4.69) is 43.4 Å². The molecule has 1 N–H and O–H groups in total. The molecule has 3 unspecified atom stereocenters. The van der Waals surface area contributed by atoms with Gasteiger partial charge in [0.25, 0.3) is 0 Å². The maximum Gasteiger partial charge on any atom is 0.352 e. The molecule has 196 valence electrons. The number of ether oxygens (including phenoxy) is 2. The fourth-order valence-corrected chi connectivity index (χ4v) is 5.55. The van der Waals surface area contributed by atoms with Crippen molar-refractivity contribution in [1.29, 1.82) is 0 Å². The number of hydrogen-bond acceptors (Lipinski definition) is 7. The van der Waals surface area contributed by atoms with Crippen LogP contribution in [0, 0.1) is 17.3 Å². The third-order valence-electron chi connectivity index (χ3n) is 5.71. The quantitative estimate of drug-likeness (QED) is 0.211. The molecule has 2 aromatic carbocycles. The zero-order valence-corrected chi connectivity index (χ0v) is 23.7. The molecule has 1 saturated carbocycles. The van der Waals surface area contributed by atoms with Gasteiger partial charge < -0.3 is 14.0 Å². The first-order valence-electron chi connectivity index (χ1n) is 11.6. The van der Waals surface area contributed by atoms with Crippen LogP contribution in [-0.4, -0.2) is 25.2 Å². The molecule has 3 rings (SSSR count). The van der Waals surface area contributed by atoms with E-state index in [1.54, 1.807) is 6.26 Å². The second-order valence-corrected chi connectivity index (χ2v) is 13.8. The van der Waals surface area contributed by atoms with Crippen LogP contribution < -0.4 is 9.82 Å². The Bertz CT molecular complexity index is 1110. The fraction of sp³-hybridized carbons (Fsp3) is 0.407. The predicted molar refractivity (Wildman–Crippen MR) is 145 cm³/mol. The predicted octanol–water partition coefficient (Wildman–Crippen LogP) is 7.00. The van der Waals surface area contributed by atoms with E-state index in [0.717, 1.165) is 28.4 Å². The summed E-state index contributed by atoms with van der Waals surface area (Å²) in [6.07, 6.45) is 3.79. The molecule has 0 aromatic heterocycles. The first kappa shape index (κ1) is 29.7. The van der Waals surface area contributed by atoms with Gasteiger partial charge in [0, 0.05) is 14.0 Å². The summed E-state index contributed by atoms with van der Waals surface area (Å²) in [4.78, 5) is 22.9. The maximum absolute atomic E-state index is 12.5. The molecule has 36 heavy (non-hydrogen) atoms. The average molecular weight is 534 g/mol. The lowest BCUT2D eigenvalue weighted by atomic mass is 10.1. The van der Waals surface area contributed by atoms with Gasteiger partial charge in [-0.25, -0.2) is 0 Å². The van der Waals surface area contributed by atoms with E-state index in [0.29, 0.717) is 0 Å². The molecule has 0 saturated heterocycles. The smallest absolute Gasteiger partial charge is 0.352 e. The third-order valence-corrected chi connectivity index (χ3v) is 9.42. The summed E-state index contributed by atoms with van der Waals surface area (Å²) < 4.78 is 27.2. The second kappa shape index (κ2) is 13.1. The molecular formula is C27H36NO6PS. The fourth-order valence-electron chi connectivity index (χ4n) is 3.72. The number of carbonyl (C=O) groups is 2. The molecule has 9 heteroatoms. The number of carbonyl (C=O) groups excluding carboxylic acids is 2. The maximum atomic E-state index is 12.5. The van der Waals surface area contributed by atoms with Crippen molar-refractivity contribution in [3.05, 3.63) is 71.8 Å². The van der Waals surface area contributed by atoms with Gasteiger partial charge in [-0.15, -0.1) is 0 Å². The molecule has 2 aromatic rings. The van der Waals surface area contributed by atoms with Gasteiger partial charge in [-0.2, -0.15) is 0 Å². The minimum Gasteiger partial charge on any atom is -0.461 e. The van der Waals surface area contributed by atoms with Crippen LogP contribution in [0.25, 0.3) is 0 Å². The number of nitrogens with one attached hydrogen (secondary N) is 1. The number of allylic oxidation sites excluding steroid dienone is 2. The van der Waals surface area contributed by atoms with Crippen molar-refractivity contribution in [2.75, 3.05) is 13.4 Å². The first-order chi connectivity index (χ1) is 16.9. The number of amides is 1. The summed E-state index contributed by atoms with van der Waals surface area (Å²) in [6.45, 7) is 7.01. The summed E-state index contributed by atoms with van der Waals surface area (Å²) >= 11 is 1.00. The minimum absolute atomic E-state index is 0.0212. The molecule has 1 aliphatic rings. The highest BCUT2D eigenvalue weighted by atomic mass is 32.7. The molecule has 0 radical (unpaired) electrons. The molecule has 0 aliphatic heterocycles. The van der Waals surface area contributed by atoms with Crippen molar-refractivity contribution in [3.8, 4) is 11.5 Å². The Balaban J connectivity index is 0.000000388. The van der Waals surface area contributed by atoms with Crippen LogP contribution in [-0.2, 0) is 30.0 Å². The molecule has 7 nitrogen and oxygen atoms in total. The van der Waals surface area contributed by atoms with Crippen molar-refractivity contribution in [3.63, 3.8) is 0 Å². The number of rotatable bonds is 9. The van der Waals surface area contributed by atoms with Gasteiger partial charge in [0.05, 0.1) is 5.92 Å². The number of benzene rings is 2. The summed E-state index contributed by atoms with van der Waals surface area (Å²) in [6, 6.07) is 17.3. The normalized spacial score (nSPS) is 19.0. The Hall–Kier alpha value is -2.54. The largest absolute Gasteiger partial charge is 0.461 e. The number of para-hydroxylation sites is 1. The zero-order valence-electron chi connectivity index (χ0n) is 21.9. The Morgan fingerprint density at radius 3 is 2.22 bits per heavy atom. The van der Waals surface area contributed by atoms with Crippen molar-refractivity contribution < 1.29 is 28.2 Å². The highest BCUT2D eigenvalue weighted by Crippen LogP contribution is 2.59. The summed E-state index contributed by atoms with van der Waals surface area (Å²) in [5, 5.41) is 2.21. The highest BCUT2D eigenvalue weighted by Gasteiger charge is 2.61. The number of esters is 1. The van der Waals surface area contributed by atoms with Gasteiger partial charge in [-0.05, 0) is 61.3 Å². The van der Waals surface area contributed by atoms with E-state index in [1.807, 2.05) is 54.6 Å². The topological polar surface area (TPSA) is 90.9 Å². The van der Waals surface area contributed by atoms with E-state index in [4.69, 9.17) is 9.47 Å². The monoisotopic (exact) mass is 533 g/mol. The van der Waals surface area contributed by atoms with Gasteiger partial charge in [0.1, 0.15) is 18.1 Å². The highest BCUT2D eigenvalue weighted by molar-refractivity contribution is 8.55. The van der Waals surface area contributed by atoms with Crippen molar-refractivity contribution in [2.45, 2.75) is 41.2 Å². The Morgan fingerprint density at radius 2 is 1.69 bits per heavy atom. The molecular weight excluding hydrogens is 497 g/mol. The van der Waals surface area contributed by atoms with Crippen LogP contribution >= 0.6 is 18.1 Å². The van der Waals surface area contributed by atoms with E-state index >= 15 is 0 Å². The molecule has 0 spiro atoms. The molecule has 1 amide bonds. The van der Waals surface area contributed by atoms with Gasteiger partial charge >= 0.3 is 12.7 Å². The lowest BCUT2D eigenvalue weighted by molar-refractivity contribution is -0.147. The first-order valence-corrected chi connectivity index (χ1v) is 15.0. The molecule has 0 bridgehead atoms. The average Bonchev–Trinajstić information content (AvgIpc) is 3.37. The lowest BCUT2D eigenvalue weighted by Crippen LogP contribution is -2.15. The van der Waals surface area contributed by atoms with Crippen molar-refractivity contribution in [2.24, 2.45) is 17.3 Å². The van der Waals surface area contributed by atoms with E-state index in [9.17, 15) is 14.2 Å². The van der Waals surface area contributed by atoms with Crippen LogP contribution in [0.3, 0.4) is 0 Å². The van der Waals surface area contributed by atoms with Gasteiger partial charge in [-0.1, -0.05) is 67.2 Å². The van der Waals surface area contributed by atoms with Gasteiger partial charge in [0.2, 0.25) is 5.91 Å². The van der Waals surface area contributed by atoms with E-state index < -0.39 is 6.72 Å². The van der Waals surface area contributed by atoms with Crippen LogP contribution in [0.1, 0.15) is 40.2 Å². The summed E-state index contributed by atoms with van der Waals surface area (Å²) in [5.41, 5.74) is 2.14. The lowest BCUT2D eigenvalue weighted by Gasteiger charge is -2.11. The van der Waals surface area contributed by atoms with E-state index in [-0.39, 0.29) is 35.7 Å². The molecule has 3 atom stereocenters. The molecule has 0 heterocycles. The van der Waals surface area contributed by atoms with E-state index in [1.165, 1.54) is 19.6 Å². The summed E-state index contributed by atoms with van der Waals surface area (Å²) in [7, 11) is 1.30. The van der Waals surface area contributed by atoms with Crippen molar-refractivity contribution in [1.82, 2.24) is 5.09 Å². The zero-order chi connectivity index (χ0) is 26.9. The van der Waals surface area contributed by atoms with Crippen molar-refractivity contribution >= 4 is 30.0 Å².